The minimum Gasteiger partial charge on any atom is -0.486 e. The maximum absolute atomic E-state index is 13.4. The van der Waals surface area contributed by atoms with Gasteiger partial charge in [-0.3, -0.25) is 9.59 Å². The zero-order valence-electron chi connectivity index (χ0n) is 19.7. The number of hydrogen-bond acceptors (Lipinski definition) is 5. The van der Waals surface area contributed by atoms with Gasteiger partial charge in [0.15, 0.2) is 0 Å². The van der Waals surface area contributed by atoms with Crippen LogP contribution in [0.3, 0.4) is 0 Å². The zero-order valence-corrected chi connectivity index (χ0v) is 20.4. The minimum absolute atomic E-state index is 0.104. The van der Waals surface area contributed by atoms with Gasteiger partial charge in [-0.15, -0.1) is 0 Å². The number of hydrogen-bond donors (Lipinski definition) is 3. The average Bonchev–Trinajstić information content (AvgIpc) is 3.26. The van der Waals surface area contributed by atoms with Crippen LogP contribution in [-0.4, -0.2) is 58.3 Å². The van der Waals surface area contributed by atoms with Gasteiger partial charge >= 0.3 is 0 Å². The van der Waals surface area contributed by atoms with Crippen molar-refractivity contribution in [3.8, 4) is 5.75 Å². The lowest BCUT2D eigenvalue weighted by Crippen LogP contribution is -2.55. The molecule has 4 atom stereocenters. The van der Waals surface area contributed by atoms with Crippen LogP contribution in [0.1, 0.15) is 43.2 Å². The smallest absolute Gasteiger partial charge is 0.247 e. The Labute approximate surface area is 210 Å². The van der Waals surface area contributed by atoms with Crippen LogP contribution < -0.4 is 10.1 Å². The summed E-state index contributed by atoms with van der Waals surface area (Å²) in [4.78, 5) is 28.2. The number of aliphatic hydroxyl groups is 2. The molecule has 8 heteroatoms. The second-order valence-electron chi connectivity index (χ2n) is 8.93. The Bertz CT molecular complexity index is 1090. The van der Waals surface area contributed by atoms with Crippen molar-refractivity contribution in [3.05, 3.63) is 76.3 Å². The molecule has 3 N–H and O–H groups in total. The summed E-state index contributed by atoms with van der Waals surface area (Å²) < 4.78 is 6.14. The van der Waals surface area contributed by atoms with Gasteiger partial charge in [-0.05, 0) is 36.3 Å². The van der Waals surface area contributed by atoms with Crippen molar-refractivity contribution >= 4 is 23.4 Å². The van der Waals surface area contributed by atoms with Crippen LogP contribution in [0.2, 0.25) is 5.02 Å². The summed E-state index contributed by atoms with van der Waals surface area (Å²) >= 11 is 6.04. The van der Waals surface area contributed by atoms with Gasteiger partial charge in [0.25, 0.3) is 0 Å². The summed E-state index contributed by atoms with van der Waals surface area (Å²) in [5.74, 6) is -0.311. The molecule has 0 saturated heterocycles. The Balaban J connectivity index is 1.74. The molecule has 0 saturated carbocycles. The van der Waals surface area contributed by atoms with Gasteiger partial charge in [-0.1, -0.05) is 55.3 Å². The molecular weight excluding hydrogens is 468 g/mol. The third-order valence-corrected chi connectivity index (χ3v) is 6.82. The van der Waals surface area contributed by atoms with Crippen LogP contribution in [0, 0.1) is 0 Å². The van der Waals surface area contributed by atoms with Crippen molar-refractivity contribution < 1.29 is 24.5 Å². The van der Waals surface area contributed by atoms with Crippen LogP contribution >= 0.6 is 11.6 Å². The monoisotopic (exact) mass is 498 g/mol. The van der Waals surface area contributed by atoms with Gasteiger partial charge in [0, 0.05) is 35.7 Å². The first-order chi connectivity index (χ1) is 16.9. The fourth-order valence-corrected chi connectivity index (χ4v) is 4.94. The highest BCUT2D eigenvalue weighted by Crippen LogP contribution is 2.47. The van der Waals surface area contributed by atoms with Gasteiger partial charge < -0.3 is 25.2 Å². The van der Waals surface area contributed by atoms with E-state index < -0.39 is 24.2 Å². The third kappa shape index (κ3) is 5.37. The number of aliphatic hydroxyl groups excluding tert-OH is 2. The first-order valence-electron chi connectivity index (χ1n) is 12.0. The molecule has 1 aliphatic carbocycles. The Morgan fingerprint density at radius 1 is 1.14 bits per heavy atom. The van der Waals surface area contributed by atoms with Gasteiger partial charge in [0.2, 0.25) is 11.8 Å². The molecule has 4 rings (SSSR count). The summed E-state index contributed by atoms with van der Waals surface area (Å²) in [6, 6.07) is 13.9. The number of para-hydroxylation sites is 1. The maximum atomic E-state index is 13.4. The number of carbonyl (C=O) groups is 2. The van der Waals surface area contributed by atoms with Crippen LogP contribution in [-0.2, 0) is 16.1 Å². The van der Waals surface area contributed by atoms with Crippen molar-refractivity contribution in [2.75, 3.05) is 13.2 Å². The molecule has 2 aliphatic rings. The lowest BCUT2D eigenvalue weighted by Gasteiger charge is -2.41. The number of amides is 2. The van der Waals surface area contributed by atoms with E-state index in [2.05, 4.69) is 5.32 Å². The number of benzene rings is 2. The molecule has 4 unspecified atom stereocenters. The van der Waals surface area contributed by atoms with Gasteiger partial charge in [0.05, 0.1) is 18.6 Å². The van der Waals surface area contributed by atoms with Crippen LogP contribution in [0.25, 0.3) is 0 Å². The number of fused-ring (bicyclic) bond motifs is 3. The lowest BCUT2D eigenvalue weighted by atomic mass is 9.77. The SMILES string of the molecule is CCCCC(=O)N(Cc1ccc(Cl)cc1)C1C=C(C(=O)NCCO)C2c3ccccc3OC2C1O. The highest BCUT2D eigenvalue weighted by Gasteiger charge is 2.50. The van der Waals surface area contributed by atoms with Crippen molar-refractivity contribution in [2.45, 2.75) is 56.9 Å². The van der Waals surface area contributed by atoms with Crippen LogP contribution in [0.15, 0.2) is 60.2 Å². The fourth-order valence-electron chi connectivity index (χ4n) is 4.81. The molecular formula is C27H31ClN2O5. The number of unbranched alkanes of at least 4 members (excludes halogenated alkanes) is 1. The summed E-state index contributed by atoms with van der Waals surface area (Å²) in [6.07, 6.45) is 1.86. The van der Waals surface area contributed by atoms with E-state index in [-0.39, 0.29) is 31.5 Å². The summed E-state index contributed by atoms with van der Waals surface area (Å²) in [5.41, 5.74) is 2.11. The number of nitrogens with zero attached hydrogens (tertiary/aromatic N) is 1. The van der Waals surface area contributed by atoms with Crippen molar-refractivity contribution in [1.29, 1.82) is 0 Å². The van der Waals surface area contributed by atoms with E-state index in [1.54, 1.807) is 23.1 Å². The summed E-state index contributed by atoms with van der Waals surface area (Å²) in [6.45, 7) is 2.19. The predicted molar refractivity (Wildman–Crippen MR) is 133 cm³/mol. The van der Waals surface area contributed by atoms with Gasteiger partial charge in [0.1, 0.15) is 18.0 Å². The number of rotatable bonds is 9. The molecule has 35 heavy (non-hydrogen) atoms. The second kappa shape index (κ2) is 11.2. The molecule has 186 valence electrons. The molecule has 0 radical (unpaired) electrons. The van der Waals surface area contributed by atoms with E-state index in [0.29, 0.717) is 22.8 Å². The van der Waals surface area contributed by atoms with E-state index >= 15 is 0 Å². The quantitative estimate of drug-likeness (QED) is 0.493. The first-order valence-corrected chi connectivity index (χ1v) is 12.4. The van der Waals surface area contributed by atoms with Gasteiger partial charge in [-0.2, -0.15) is 0 Å². The molecule has 0 aromatic heterocycles. The number of ether oxygens (including phenoxy) is 1. The van der Waals surface area contributed by atoms with E-state index in [1.807, 2.05) is 43.3 Å². The molecule has 0 fully saturated rings. The number of nitrogens with one attached hydrogen (secondary N) is 1. The van der Waals surface area contributed by atoms with Crippen LogP contribution in [0.5, 0.6) is 5.75 Å². The first kappa shape index (κ1) is 25.2. The summed E-state index contributed by atoms with van der Waals surface area (Å²) in [7, 11) is 0. The fraction of sp³-hybridized carbons (Fsp3) is 0.407. The van der Waals surface area contributed by atoms with E-state index in [1.165, 1.54) is 0 Å². The molecule has 0 bridgehead atoms. The van der Waals surface area contributed by atoms with Gasteiger partial charge in [-0.25, -0.2) is 0 Å². The Hall–Kier alpha value is -2.87. The highest BCUT2D eigenvalue weighted by molar-refractivity contribution is 6.30. The van der Waals surface area contributed by atoms with E-state index in [9.17, 15) is 19.8 Å². The predicted octanol–water partition coefficient (Wildman–Crippen LogP) is 3.18. The van der Waals surface area contributed by atoms with Crippen molar-refractivity contribution in [1.82, 2.24) is 10.2 Å². The van der Waals surface area contributed by atoms with E-state index in [4.69, 9.17) is 16.3 Å². The topological polar surface area (TPSA) is 99.1 Å². The molecule has 7 nitrogen and oxygen atoms in total. The largest absolute Gasteiger partial charge is 0.486 e. The second-order valence-corrected chi connectivity index (χ2v) is 9.37. The summed E-state index contributed by atoms with van der Waals surface area (Å²) in [5, 5.41) is 24.0. The third-order valence-electron chi connectivity index (χ3n) is 6.57. The molecule has 2 amide bonds. The maximum Gasteiger partial charge on any atom is 0.247 e. The van der Waals surface area contributed by atoms with Crippen LogP contribution in [0.4, 0.5) is 0 Å². The molecule has 0 spiro atoms. The Morgan fingerprint density at radius 3 is 2.60 bits per heavy atom. The molecule has 2 aromatic rings. The zero-order chi connectivity index (χ0) is 24.9. The molecule has 2 aromatic carbocycles. The minimum atomic E-state index is -1.04. The standard InChI is InChI=1S/C27H31ClN2O5/c1-2-3-8-23(32)30(16-17-9-11-18(28)12-10-17)21-15-20(27(34)29-13-14-31)24-19-6-4-5-7-22(19)35-26(24)25(21)33/h4-7,9-12,15,21,24-26,31,33H,2-3,8,13-14,16H2,1H3,(H,29,34). The molecule has 1 heterocycles. The Morgan fingerprint density at radius 2 is 1.89 bits per heavy atom. The average molecular weight is 499 g/mol. The highest BCUT2D eigenvalue weighted by atomic mass is 35.5. The van der Waals surface area contributed by atoms with Crippen molar-refractivity contribution in [3.63, 3.8) is 0 Å². The number of carbonyl (C=O) groups excluding carboxylic acids is 2. The normalized spacial score (nSPS) is 22.5. The molecule has 1 aliphatic heterocycles. The van der Waals surface area contributed by atoms with E-state index in [0.717, 1.165) is 24.0 Å². The Kier molecular flexibility index (Phi) is 8.11. The van der Waals surface area contributed by atoms with Crippen molar-refractivity contribution in [2.24, 2.45) is 0 Å². The lowest BCUT2D eigenvalue weighted by molar-refractivity contribution is -0.138. The number of halogens is 1.